The quantitative estimate of drug-likeness (QED) is 0.680. The molecule has 2 fully saturated rings. The predicted octanol–water partition coefficient (Wildman–Crippen LogP) is 2.75. The molecule has 1 spiro atoms. The standard InChI is InChI=1S/C23H35N5O3/c1-4-22(2,3)16-8-10-23(11-9-16)20(30)28(21(31)26-23)15-19(29)24-13-17-14-27-12-6-5-7-18(27)25-17/h14,16H,4-13,15H2,1-3H3,(H,24,29)(H,26,31). The lowest BCUT2D eigenvalue weighted by Gasteiger charge is -2.42. The van der Waals surface area contributed by atoms with E-state index in [9.17, 15) is 14.4 Å². The highest BCUT2D eigenvalue weighted by molar-refractivity contribution is 6.09. The van der Waals surface area contributed by atoms with E-state index in [2.05, 4.69) is 41.0 Å². The number of urea groups is 1. The van der Waals surface area contributed by atoms with Crippen LogP contribution in [0, 0.1) is 11.3 Å². The largest absolute Gasteiger partial charge is 0.349 e. The molecule has 0 aromatic carbocycles. The van der Waals surface area contributed by atoms with Crippen molar-refractivity contribution in [1.29, 1.82) is 0 Å². The number of fused-ring (bicyclic) bond motifs is 1. The van der Waals surface area contributed by atoms with E-state index in [1.54, 1.807) is 0 Å². The number of rotatable bonds is 6. The number of carbonyl (C=O) groups is 3. The van der Waals surface area contributed by atoms with Crippen molar-refractivity contribution >= 4 is 17.8 Å². The van der Waals surface area contributed by atoms with Gasteiger partial charge in [-0.25, -0.2) is 9.78 Å². The van der Waals surface area contributed by atoms with E-state index in [4.69, 9.17) is 0 Å². The highest BCUT2D eigenvalue weighted by Crippen LogP contribution is 2.45. The lowest BCUT2D eigenvalue weighted by atomic mass is 9.65. The Hall–Kier alpha value is -2.38. The summed E-state index contributed by atoms with van der Waals surface area (Å²) in [5.74, 6) is 1.02. The van der Waals surface area contributed by atoms with Gasteiger partial charge in [-0.1, -0.05) is 27.2 Å². The molecule has 4 amide bonds. The van der Waals surface area contributed by atoms with Gasteiger partial charge in [-0.2, -0.15) is 0 Å². The fourth-order valence-electron chi connectivity index (χ4n) is 5.28. The smallest absolute Gasteiger partial charge is 0.325 e. The maximum absolute atomic E-state index is 13.1. The first kappa shape index (κ1) is 21.8. The molecule has 0 bridgehead atoms. The summed E-state index contributed by atoms with van der Waals surface area (Å²) < 4.78 is 2.14. The Kier molecular flexibility index (Phi) is 5.83. The minimum absolute atomic E-state index is 0.235. The fraction of sp³-hybridized carbons (Fsp3) is 0.739. The van der Waals surface area contributed by atoms with Crippen LogP contribution < -0.4 is 10.6 Å². The molecule has 1 aromatic heterocycles. The molecule has 0 unspecified atom stereocenters. The molecule has 0 radical (unpaired) electrons. The van der Waals surface area contributed by atoms with E-state index in [1.807, 2.05) is 6.20 Å². The Morgan fingerprint density at radius 1 is 1.29 bits per heavy atom. The monoisotopic (exact) mass is 429 g/mol. The molecular weight excluding hydrogens is 394 g/mol. The van der Waals surface area contributed by atoms with E-state index in [0.29, 0.717) is 25.3 Å². The van der Waals surface area contributed by atoms with Crippen LogP contribution in [0.25, 0.3) is 0 Å². The first-order chi connectivity index (χ1) is 14.7. The number of aromatic nitrogens is 2. The summed E-state index contributed by atoms with van der Waals surface area (Å²) in [6, 6.07) is -0.453. The van der Waals surface area contributed by atoms with Crippen LogP contribution in [0.5, 0.6) is 0 Å². The summed E-state index contributed by atoms with van der Waals surface area (Å²) >= 11 is 0. The van der Waals surface area contributed by atoms with E-state index in [0.717, 1.165) is 61.5 Å². The molecule has 3 aliphatic rings. The zero-order chi connectivity index (χ0) is 22.2. The average Bonchev–Trinajstić information content (AvgIpc) is 3.27. The summed E-state index contributed by atoms with van der Waals surface area (Å²) in [5.41, 5.74) is 0.218. The molecule has 2 aliphatic heterocycles. The fourth-order valence-corrected chi connectivity index (χ4v) is 5.28. The minimum atomic E-state index is -0.833. The van der Waals surface area contributed by atoms with E-state index >= 15 is 0 Å². The number of hydrogen-bond donors (Lipinski definition) is 2. The molecule has 1 aromatic rings. The number of hydrogen-bond acceptors (Lipinski definition) is 4. The van der Waals surface area contributed by atoms with Crippen molar-refractivity contribution in [3.05, 3.63) is 17.7 Å². The molecule has 4 rings (SSSR count). The zero-order valence-electron chi connectivity index (χ0n) is 19.0. The lowest BCUT2D eigenvalue weighted by molar-refractivity contribution is -0.136. The minimum Gasteiger partial charge on any atom is -0.349 e. The molecule has 1 saturated carbocycles. The van der Waals surface area contributed by atoms with Gasteiger partial charge in [0, 0.05) is 19.2 Å². The van der Waals surface area contributed by atoms with Crippen LogP contribution >= 0.6 is 0 Å². The first-order valence-electron chi connectivity index (χ1n) is 11.7. The maximum atomic E-state index is 13.1. The van der Waals surface area contributed by atoms with Crippen LogP contribution in [0.1, 0.15) is 77.2 Å². The Morgan fingerprint density at radius 2 is 2.03 bits per heavy atom. The van der Waals surface area contributed by atoms with Gasteiger partial charge in [0.25, 0.3) is 5.91 Å². The molecule has 1 saturated heterocycles. The van der Waals surface area contributed by atoms with Crippen LogP contribution in [-0.2, 0) is 29.1 Å². The topological polar surface area (TPSA) is 96.3 Å². The van der Waals surface area contributed by atoms with Gasteiger partial charge in [0.05, 0.1) is 12.2 Å². The molecule has 31 heavy (non-hydrogen) atoms. The Morgan fingerprint density at radius 3 is 2.71 bits per heavy atom. The number of imide groups is 1. The number of nitrogens with zero attached hydrogens (tertiary/aromatic N) is 3. The second-order valence-corrected chi connectivity index (χ2v) is 10.1. The normalized spacial score (nSPS) is 26.2. The molecule has 170 valence electrons. The lowest BCUT2D eigenvalue weighted by Crippen LogP contribution is -2.51. The molecule has 2 N–H and O–H groups in total. The summed E-state index contributed by atoms with van der Waals surface area (Å²) in [5, 5.41) is 5.73. The third-order valence-electron chi connectivity index (χ3n) is 7.83. The van der Waals surface area contributed by atoms with E-state index < -0.39 is 11.6 Å². The van der Waals surface area contributed by atoms with Crippen molar-refractivity contribution < 1.29 is 14.4 Å². The van der Waals surface area contributed by atoms with Gasteiger partial charge in [-0.15, -0.1) is 0 Å². The Labute approximate surface area is 184 Å². The van der Waals surface area contributed by atoms with Crippen LogP contribution in [0.3, 0.4) is 0 Å². The summed E-state index contributed by atoms with van der Waals surface area (Å²) in [6.07, 6.45) is 9.45. The third-order valence-corrected chi connectivity index (χ3v) is 7.83. The average molecular weight is 430 g/mol. The van der Waals surface area contributed by atoms with E-state index in [-0.39, 0.29) is 23.8 Å². The van der Waals surface area contributed by atoms with Crippen molar-refractivity contribution in [3.63, 3.8) is 0 Å². The number of amides is 4. The number of nitrogens with one attached hydrogen (secondary N) is 2. The van der Waals surface area contributed by atoms with Crippen LogP contribution in [0.15, 0.2) is 6.20 Å². The van der Waals surface area contributed by atoms with Gasteiger partial charge in [0.2, 0.25) is 5.91 Å². The molecule has 1 aliphatic carbocycles. The van der Waals surface area contributed by atoms with Gasteiger partial charge in [0.1, 0.15) is 17.9 Å². The second kappa shape index (κ2) is 8.28. The Balaban J connectivity index is 1.32. The first-order valence-corrected chi connectivity index (χ1v) is 11.7. The number of aryl methyl sites for hydroxylation is 2. The predicted molar refractivity (Wildman–Crippen MR) is 116 cm³/mol. The van der Waals surface area contributed by atoms with Gasteiger partial charge in [-0.05, 0) is 49.9 Å². The van der Waals surface area contributed by atoms with Crippen LogP contribution in [-0.4, -0.2) is 44.4 Å². The van der Waals surface area contributed by atoms with Gasteiger partial charge in [-0.3, -0.25) is 14.5 Å². The van der Waals surface area contributed by atoms with Crippen molar-refractivity contribution in [2.24, 2.45) is 11.3 Å². The van der Waals surface area contributed by atoms with Gasteiger partial charge in [0.15, 0.2) is 0 Å². The highest BCUT2D eigenvalue weighted by Gasteiger charge is 2.53. The number of carbonyl (C=O) groups excluding carboxylic acids is 3. The summed E-state index contributed by atoms with van der Waals surface area (Å²) in [7, 11) is 0. The van der Waals surface area contributed by atoms with E-state index in [1.165, 1.54) is 0 Å². The summed E-state index contributed by atoms with van der Waals surface area (Å²) in [6.45, 7) is 7.78. The van der Waals surface area contributed by atoms with Crippen LogP contribution in [0.2, 0.25) is 0 Å². The third kappa shape index (κ3) is 4.21. The molecule has 8 nitrogen and oxygen atoms in total. The highest BCUT2D eigenvalue weighted by atomic mass is 16.2. The van der Waals surface area contributed by atoms with Gasteiger partial charge >= 0.3 is 6.03 Å². The Bertz CT molecular complexity index is 843. The SMILES string of the molecule is CCC(C)(C)C1CCC2(CC1)NC(=O)N(CC(=O)NCc1cn3c(n1)CCCC3)C2=O. The summed E-state index contributed by atoms with van der Waals surface area (Å²) in [4.78, 5) is 43.8. The van der Waals surface area contributed by atoms with Crippen molar-refractivity contribution in [3.8, 4) is 0 Å². The van der Waals surface area contributed by atoms with Crippen molar-refractivity contribution in [2.45, 2.75) is 90.8 Å². The molecule has 8 heteroatoms. The molecule has 3 heterocycles. The van der Waals surface area contributed by atoms with Gasteiger partial charge < -0.3 is 15.2 Å². The maximum Gasteiger partial charge on any atom is 0.325 e. The number of imidazole rings is 1. The second-order valence-electron chi connectivity index (χ2n) is 10.1. The molecule has 0 atom stereocenters. The molecular formula is C23H35N5O3. The van der Waals surface area contributed by atoms with Crippen LogP contribution in [0.4, 0.5) is 4.79 Å². The van der Waals surface area contributed by atoms with Crippen molar-refractivity contribution in [1.82, 2.24) is 25.1 Å². The van der Waals surface area contributed by atoms with Crippen molar-refractivity contribution in [2.75, 3.05) is 6.54 Å². The zero-order valence-corrected chi connectivity index (χ0v) is 19.0.